The second kappa shape index (κ2) is 6.47. The Labute approximate surface area is 134 Å². The first kappa shape index (κ1) is 15.6. The Morgan fingerprint density at radius 2 is 2.26 bits per heavy atom. The van der Waals surface area contributed by atoms with Crippen molar-refractivity contribution in [3.63, 3.8) is 0 Å². The Morgan fingerprint density at radius 1 is 1.43 bits per heavy atom. The summed E-state index contributed by atoms with van der Waals surface area (Å²) < 4.78 is 9.08. The van der Waals surface area contributed by atoms with E-state index in [0.29, 0.717) is 42.3 Å². The van der Waals surface area contributed by atoms with Crippen LogP contribution in [0.1, 0.15) is 18.7 Å². The molecule has 0 amide bonds. The third-order valence-corrected chi connectivity index (χ3v) is 4.48. The van der Waals surface area contributed by atoms with E-state index in [0.717, 1.165) is 5.52 Å². The highest BCUT2D eigenvalue weighted by Gasteiger charge is 2.17. The highest BCUT2D eigenvalue weighted by molar-refractivity contribution is 7.17. The second-order valence-corrected chi connectivity index (χ2v) is 6.00. The Balaban J connectivity index is 2.12. The van der Waals surface area contributed by atoms with Crippen LogP contribution in [-0.2, 0) is 22.5 Å². The van der Waals surface area contributed by atoms with Gasteiger partial charge in [-0.15, -0.1) is 21.5 Å². The molecule has 0 atom stereocenters. The van der Waals surface area contributed by atoms with Gasteiger partial charge in [0.15, 0.2) is 0 Å². The van der Waals surface area contributed by atoms with E-state index in [2.05, 4.69) is 10.2 Å². The average molecular weight is 336 g/mol. The normalized spacial score (nSPS) is 11.5. The van der Waals surface area contributed by atoms with Crippen molar-refractivity contribution in [1.82, 2.24) is 19.2 Å². The molecule has 0 aliphatic heterocycles. The number of ether oxygens (including phenoxy) is 1. The lowest BCUT2D eigenvalue weighted by Crippen LogP contribution is -2.24. The number of fused-ring (bicyclic) bond motifs is 3. The number of carboxylic acids is 1. The molecule has 8 nitrogen and oxygen atoms in total. The Bertz CT molecular complexity index is 911. The first-order chi connectivity index (χ1) is 11.1. The summed E-state index contributed by atoms with van der Waals surface area (Å²) >= 11 is 1.37. The topological polar surface area (TPSA) is 98.7 Å². The van der Waals surface area contributed by atoms with Gasteiger partial charge in [0.2, 0.25) is 5.78 Å². The number of nitrogens with zero attached hydrogens (tertiary/aromatic N) is 4. The number of hydrogen-bond donors (Lipinski definition) is 1. The molecule has 0 aliphatic rings. The number of carbonyl (C=O) groups is 1. The van der Waals surface area contributed by atoms with Gasteiger partial charge in [-0.25, -0.2) is 0 Å². The molecule has 0 aromatic carbocycles. The molecule has 0 saturated heterocycles. The summed E-state index contributed by atoms with van der Waals surface area (Å²) in [6, 6.07) is 1.86. The van der Waals surface area contributed by atoms with E-state index < -0.39 is 5.97 Å². The maximum absolute atomic E-state index is 12.6. The monoisotopic (exact) mass is 336 g/mol. The zero-order chi connectivity index (χ0) is 16.4. The van der Waals surface area contributed by atoms with Crippen molar-refractivity contribution in [1.29, 1.82) is 0 Å². The fourth-order valence-corrected chi connectivity index (χ4v) is 3.35. The van der Waals surface area contributed by atoms with Gasteiger partial charge in [-0.1, -0.05) is 0 Å². The Morgan fingerprint density at radius 3 is 3.00 bits per heavy atom. The Hall–Kier alpha value is -2.26. The number of hydrogen-bond acceptors (Lipinski definition) is 6. The minimum absolute atomic E-state index is 0.0744. The molecule has 0 spiro atoms. The van der Waals surface area contributed by atoms with E-state index in [1.807, 2.05) is 15.8 Å². The van der Waals surface area contributed by atoms with Crippen molar-refractivity contribution in [3.8, 4) is 0 Å². The molecule has 0 bridgehead atoms. The number of aliphatic carboxylic acids is 1. The Kier molecular flexibility index (Phi) is 4.39. The molecule has 1 N–H and O–H groups in total. The third kappa shape index (κ3) is 2.84. The minimum atomic E-state index is -0.837. The van der Waals surface area contributed by atoms with Gasteiger partial charge in [-0.05, 0) is 17.9 Å². The average Bonchev–Trinajstić information content (AvgIpc) is 3.13. The molecule has 0 aliphatic carbocycles. The van der Waals surface area contributed by atoms with Crippen LogP contribution >= 0.6 is 11.3 Å². The first-order valence-corrected chi connectivity index (χ1v) is 8.06. The molecule has 23 heavy (non-hydrogen) atoms. The number of thiophene rings is 1. The molecule has 3 heterocycles. The van der Waals surface area contributed by atoms with Crippen LogP contribution in [0, 0.1) is 0 Å². The van der Waals surface area contributed by atoms with Gasteiger partial charge in [0.05, 0.1) is 18.7 Å². The van der Waals surface area contributed by atoms with Gasteiger partial charge in [-0.2, -0.15) is 0 Å². The number of methoxy groups -OCH3 is 1. The van der Waals surface area contributed by atoms with E-state index >= 15 is 0 Å². The van der Waals surface area contributed by atoms with Gasteiger partial charge in [0.25, 0.3) is 5.56 Å². The fraction of sp³-hybridized carbons (Fsp3) is 0.429. The van der Waals surface area contributed by atoms with Gasteiger partial charge in [0.1, 0.15) is 10.5 Å². The van der Waals surface area contributed by atoms with Crippen molar-refractivity contribution in [2.45, 2.75) is 25.8 Å². The SMILES string of the molecule is COCCn1c(=O)c2sccc2n2c(CCCC(=O)O)nnc12. The standard InChI is InChI=1S/C14H16N4O4S/c1-22-7-6-17-13(21)12-9(5-8-23-12)18-10(15-16-14(17)18)3-2-4-11(19)20/h5,8H,2-4,6-7H2,1H3,(H,19,20). The van der Waals surface area contributed by atoms with E-state index in [-0.39, 0.29) is 12.0 Å². The molecular formula is C14H16N4O4S. The van der Waals surface area contributed by atoms with Crippen molar-refractivity contribution in [2.24, 2.45) is 0 Å². The second-order valence-electron chi connectivity index (χ2n) is 5.08. The lowest BCUT2D eigenvalue weighted by atomic mass is 10.2. The van der Waals surface area contributed by atoms with Crippen LogP contribution in [-0.4, -0.2) is 44.0 Å². The highest BCUT2D eigenvalue weighted by Crippen LogP contribution is 2.20. The fourth-order valence-electron chi connectivity index (χ4n) is 2.52. The molecule has 0 radical (unpaired) electrons. The molecule has 3 aromatic rings. The maximum atomic E-state index is 12.6. The van der Waals surface area contributed by atoms with Gasteiger partial charge in [0, 0.05) is 20.0 Å². The zero-order valence-electron chi connectivity index (χ0n) is 12.6. The van der Waals surface area contributed by atoms with Crippen LogP contribution < -0.4 is 5.56 Å². The van der Waals surface area contributed by atoms with E-state index in [1.165, 1.54) is 11.3 Å². The molecule has 0 unspecified atom stereocenters. The van der Waals surface area contributed by atoms with Gasteiger partial charge in [-0.3, -0.25) is 18.6 Å². The summed E-state index contributed by atoms with van der Waals surface area (Å²) in [6.07, 6.45) is 1.03. The van der Waals surface area contributed by atoms with Gasteiger partial charge >= 0.3 is 5.97 Å². The molecular weight excluding hydrogens is 320 g/mol. The van der Waals surface area contributed by atoms with Crippen LogP contribution in [0.15, 0.2) is 16.2 Å². The van der Waals surface area contributed by atoms with Crippen LogP contribution in [0.2, 0.25) is 0 Å². The minimum Gasteiger partial charge on any atom is -0.481 e. The lowest BCUT2D eigenvalue weighted by Gasteiger charge is -2.08. The largest absolute Gasteiger partial charge is 0.481 e. The predicted octanol–water partition coefficient (Wildman–Crippen LogP) is 1.16. The van der Waals surface area contributed by atoms with Crippen molar-refractivity contribution in [2.75, 3.05) is 13.7 Å². The smallest absolute Gasteiger partial charge is 0.303 e. The van der Waals surface area contributed by atoms with Crippen molar-refractivity contribution >= 4 is 33.3 Å². The molecule has 122 valence electrons. The maximum Gasteiger partial charge on any atom is 0.303 e. The third-order valence-electron chi connectivity index (χ3n) is 3.59. The number of carboxylic acid groups (broad SMARTS) is 1. The lowest BCUT2D eigenvalue weighted by molar-refractivity contribution is -0.137. The number of aromatic nitrogens is 4. The molecule has 0 fully saturated rings. The van der Waals surface area contributed by atoms with Gasteiger partial charge < -0.3 is 9.84 Å². The summed E-state index contributed by atoms with van der Waals surface area (Å²) in [7, 11) is 1.58. The summed E-state index contributed by atoms with van der Waals surface area (Å²) in [4.78, 5) is 23.3. The van der Waals surface area contributed by atoms with Crippen molar-refractivity contribution < 1.29 is 14.6 Å². The van der Waals surface area contributed by atoms with Crippen LogP contribution in [0.5, 0.6) is 0 Å². The van der Waals surface area contributed by atoms with Crippen LogP contribution in [0.3, 0.4) is 0 Å². The van der Waals surface area contributed by atoms with Crippen molar-refractivity contribution in [3.05, 3.63) is 27.6 Å². The molecule has 3 rings (SSSR count). The molecule has 0 saturated carbocycles. The quantitative estimate of drug-likeness (QED) is 0.695. The zero-order valence-corrected chi connectivity index (χ0v) is 13.4. The number of aryl methyl sites for hydroxylation is 1. The molecule has 9 heteroatoms. The van der Waals surface area contributed by atoms with Crippen LogP contribution in [0.4, 0.5) is 0 Å². The summed E-state index contributed by atoms with van der Waals surface area (Å²) in [6.45, 7) is 0.785. The predicted molar refractivity (Wildman–Crippen MR) is 85.1 cm³/mol. The first-order valence-electron chi connectivity index (χ1n) is 7.18. The van der Waals surface area contributed by atoms with Crippen LogP contribution in [0.25, 0.3) is 16.0 Å². The summed E-state index contributed by atoms with van der Waals surface area (Å²) in [5.74, 6) is 0.288. The summed E-state index contributed by atoms with van der Waals surface area (Å²) in [5.41, 5.74) is 0.656. The highest BCUT2D eigenvalue weighted by atomic mass is 32.1. The van der Waals surface area contributed by atoms with E-state index in [4.69, 9.17) is 9.84 Å². The number of rotatable bonds is 7. The van der Waals surface area contributed by atoms with E-state index in [1.54, 1.807) is 11.7 Å². The molecule has 3 aromatic heterocycles. The van der Waals surface area contributed by atoms with E-state index in [9.17, 15) is 9.59 Å². The summed E-state index contributed by atoms with van der Waals surface area (Å²) in [5, 5.41) is 18.9.